The Morgan fingerprint density at radius 3 is 2.41 bits per heavy atom. The Bertz CT molecular complexity index is 534. The molecule has 1 aromatic carbocycles. The fraction of sp³-hybridized carbons (Fsp3) is 0.364. The van der Waals surface area contributed by atoms with Crippen LogP contribution >= 0.6 is 0 Å². The number of phenolic OH excluding ortho intramolecular Hbond substituents is 1. The number of phenols is 1. The van der Waals surface area contributed by atoms with Crippen LogP contribution in [0.5, 0.6) is 5.75 Å². The first-order valence-electron chi connectivity index (χ1n) is 4.94. The molecule has 0 bridgehead atoms. The normalized spacial score (nSPS) is 12.2. The quantitative estimate of drug-likeness (QED) is 0.851. The zero-order chi connectivity index (χ0) is 13.3. The molecule has 1 rings (SSSR count). The number of benzene rings is 1. The van der Waals surface area contributed by atoms with Crippen molar-refractivity contribution < 1.29 is 18.3 Å². The molecule has 0 aliphatic heterocycles. The van der Waals surface area contributed by atoms with E-state index in [4.69, 9.17) is 0 Å². The van der Waals surface area contributed by atoms with Crippen LogP contribution in [0.4, 0.5) is 5.69 Å². The van der Waals surface area contributed by atoms with Crippen molar-refractivity contribution in [1.82, 2.24) is 0 Å². The molecule has 0 aliphatic rings. The van der Waals surface area contributed by atoms with Crippen LogP contribution in [0, 0.1) is 0 Å². The number of carbonyl (C=O) groups is 1. The van der Waals surface area contributed by atoms with Gasteiger partial charge in [0, 0.05) is 18.0 Å². The number of hydrogen-bond donors (Lipinski definition) is 2. The van der Waals surface area contributed by atoms with Crippen molar-refractivity contribution in [2.24, 2.45) is 0 Å². The van der Waals surface area contributed by atoms with Gasteiger partial charge in [0.1, 0.15) is 10.5 Å². The molecule has 0 atom stereocenters. The minimum atomic E-state index is -3.51. The van der Waals surface area contributed by atoms with Crippen LogP contribution in [0.3, 0.4) is 0 Å². The zero-order valence-corrected chi connectivity index (χ0v) is 10.7. The van der Waals surface area contributed by atoms with E-state index in [0.29, 0.717) is 5.69 Å². The predicted octanol–water partition coefficient (Wildman–Crippen LogP) is 1.15. The van der Waals surface area contributed by atoms with Crippen molar-refractivity contribution in [3.63, 3.8) is 0 Å². The lowest BCUT2D eigenvalue weighted by Crippen LogP contribution is -2.43. The fourth-order valence-corrected chi connectivity index (χ4v) is 1.42. The number of sulfone groups is 1. The first kappa shape index (κ1) is 13.5. The minimum absolute atomic E-state index is 0.0000354. The van der Waals surface area contributed by atoms with Gasteiger partial charge in [-0.05, 0) is 26.0 Å². The van der Waals surface area contributed by atoms with Crippen LogP contribution in [-0.2, 0) is 14.6 Å². The molecule has 6 heteroatoms. The summed E-state index contributed by atoms with van der Waals surface area (Å²) in [6.07, 6.45) is 1.01. The van der Waals surface area contributed by atoms with Crippen molar-refractivity contribution in [2.45, 2.75) is 18.6 Å². The van der Waals surface area contributed by atoms with Crippen LogP contribution in [0.15, 0.2) is 24.3 Å². The van der Waals surface area contributed by atoms with Crippen LogP contribution in [0.25, 0.3) is 0 Å². The Morgan fingerprint density at radius 1 is 1.35 bits per heavy atom. The first-order valence-corrected chi connectivity index (χ1v) is 6.84. The summed E-state index contributed by atoms with van der Waals surface area (Å²) >= 11 is 0. The number of carbonyl (C=O) groups excluding carboxylic acids is 1. The fourth-order valence-electron chi connectivity index (χ4n) is 1.03. The molecule has 17 heavy (non-hydrogen) atoms. The van der Waals surface area contributed by atoms with E-state index in [1.54, 1.807) is 12.1 Å². The molecule has 1 amide bonds. The largest absolute Gasteiger partial charge is 0.508 e. The van der Waals surface area contributed by atoms with E-state index in [0.717, 1.165) is 6.26 Å². The summed E-state index contributed by atoms with van der Waals surface area (Å²) in [5, 5.41) is 11.7. The number of rotatable bonds is 3. The first-order chi connectivity index (χ1) is 7.64. The maximum atomic E-state index is 11.8. The predicted molar refractivity (Wildman–Crippen MR) is 65.7 cm³/mol. The average Bonchev–Trinajstić information content (AvgIpc) is 2.15. The number of amides is 1. The second-order valence-electron chi connectivity index (χ2n) is 4.29. The van der Waals surface area contributed by atoms with Crippen molar-refractivity contribution in [2.75, 3.05) is 11.6 Å². The Labute approximate surface area is 100 Å². The molecule has 0 unspecified atom stereocenters. The number of hydrogen-bond acceptors (Lipinski definition) is 4. The Balaban J connectivity index is 2.95. The molecule has 0 saturated heterocycles. The third-order valence-electron chi connectivity index (χ3n) is 2.58. The van der Waals surface area contributed by atoms with Crippen molar-refractivity contribution in [1.29, 1.82) is 0 Å². The topological polar surface area (TPSA) is 83.5 Å². The number of anilines is 1. The molecular formula is C11H15NO4S. The molecule has 5 nitrogen and oxygen atoms in total. The van der Waals surface area contributed by atoms with E-state index >= 15 is 0 Å². The van der Waals surface area contributed by atoms with E-state index in [9.17, 15) is 18.3 Å². The average molecular weight is 257 g/mol. The highest BCUT2D eigenvalue weighted by atomic mass is 32.2. The smallest absolute Gasteiger partial charge is 0.245 e. The van der Waals surface area contributed by atoms with E-state index in [-0.39, 0.29) is 5.75 Å². The number of aromatic hydroxyl groups is 1. The van der Waals surface area contributed by atoms with Gasteiger partial charge >= 0.3 is 0 Å². The van der Waals surface area contributed by atoms with Gasteiger partial charge in [-0.2, -0.15) is 0 Å². The van der Waals surface area contributed by atoms with Crippen LogP contribution in [0.2, 0.25) is 0 Å². The van der Waals surface area contributed by atoms with Gasteiger partial charge in [-0.25, -0.2) is 8.42 Å². The molecule has 0 radical (unpaired) electrons. The summed E-state index contributed by atoms with van der Waals surface area (Å²) in [6.45, 7) is 2.67. The highest BCUT2D eigenvalue weighted by Gasteiger charge is 2.38. The van der Waals surface area contributed by atoms with Gasteiger partial charge in [-0.15, -0.1) is 0 Å². The summed E-state index contributed by atoms with van der Waals surface area (Å²) in [7, 11) is -3.51. The maximum Gasteiger partial charge on any atom is 0.245 e. The molecule has 0 fully saturated rings. The van der Waals surface area contributed by atoms with Crippen molar-refractivity contribution in [3.8, 4) is 5.75 Å². The molecule has 2 N–H and O–H groups in total. The van der Waals surface area contributed by atoms with Gasteiger partial charge in [-0.3, -0.25) is 4.79 Å². The second-order valence-corrected chi connectivity index (χ2v) is 6.85. The van der Waals surface area contributed by atoms with Crippen molar-refractivity contribution in [3.05, 3.63) is 24.3 Å². The van der Waals surface area contributed by atoms with Crippen molar-refractivity contribution >= 4 is 21.4 Å². The molecule has 0 heterocycles. The SMILES string of the molecule is CC(C)(C(=O)Nc1cccc(O)c1)S(C)(=O)=O. The lowest BCUT2D eigenvalue weighted by atomic mass is 10.2. The van der Waals surface area contributed by atoms with Gasteiger partial charge in [-0.1, -0.05) is 6.07 Å². The van der Waals surface area contributed by atoms with E-state index in [1.165, 1.54) is 26.0 Å². The zero-order valence-electron chi connectivity index (χ0n) is 9.89. The third-order valence-corrected chi connectivity index (χ3v) is 4.62. The molecule has 1 aromatic rings. The summed E-state index contributed by atoms with van der Waals surface area (Å²) in [5.41, 5.74) is 0.353. The Morgan fingerprint density at radius 2 is 1.94 bits per heavy atom. The standard InChI is InChI=1S/C11H15NO4S/c1-11(2,17(3,15)16)10(14)12-8-5-4-6-9(13)7-8/h4-7,13H,1-3H3,(H,12,14). The molecule has 0 aliphatic carbocycles. The van der Waals surface area contributed by atoms with E-state index in [2.05, 4.69) is 5.32 Å². The lowest BCUT2D eigenvalue weighted by Gasteiger charge is -2.21. The van der Waals surface area contributed by atoms with Crippen LogP contribution in [0.1, 0.15) is 13.8 Å². The van der Waals surface area contributed by atoms with Gasteiger partial charge in [0.05, 0.1) is 0 Å². The lowest BCUT2D eigenvalue weighted by molar-refractivity contribution is -0.117. The molecule has 0 aromatic heterocycles. The highest BCUT2D eigenvalue weighted by molar-refractivity contribution is 7.92. The second kappa shape index (κ2) is 4.37. The Hall–Kier alpha value is -1.56. The summed E-state index contributed by atoms with van der Waals surface area (Å²) in [6, 6.07) is 5.92. The Kier molecular flexibility index (Phi) is 3.47. The van der Waals surface area contributed by atoms with Gasteiger partial charge < -0.3 is 10.4 Å². The monoisotopic (exact) mass is 257 g/mol. The molecule has 94 valence electrons. The highest BCUT2D eigenvalue weighted by Crippen LogP contribution is 2.20. The van der Waals surface area contributed by atoms with E-state index < -0.39 is 20.5 Å². The molecular weight excluding hydrogens is 242 g/mol. The number of nitrogens with one attached hydrogen (secondary N) is 1. The molecule has 0 spiro atoms. The third kappa shape index (κ3) is 2.97. The maximum absolute atomic E-state index is 11.8. The minimum Gasteiger partial charge on any atom is -0.508 e. The van der Waals surface area contributed by atoms with Crippen LogP contribution in [-0.4, -0.2) is 30.4 Å². The van der Waals surface area contributed by atoms with E-state index in [1.807, 2.05) is 0 Å². The summed E-state index contributed by atoms with van der Waals surface area (Å²) in [4.78, 5) is 11.8. The van der Waals surface area contributed by atoms with Gasteiger partial charge in [0.25, 0.3) is 0 Å². The van der Waals surface area contributed by atoms with Gasteiger partial charge in [0.2, 0.25) is 5.91 Å². The summed E-state index contributed by atoms with van der Waals surface area (Å²) < 4.78 is 21.4. The van der Waals surface area contributed by atoms with Crippen LogP contribution < -0.4 is 5.32 Å². The van der Waals surface area contributed by atoms with Gasteiger partial charge in [0.15, 0.2) is 9.84 Å². The molecule has 0 saturated carbocycles. The summed E-state index contributed by atoms with van der Waals surface area (Å²) in [5.74, 6) is -0.634.